The molecule has 0 spiro atoms. The second kappa shape index (κ2) is 6.36. The van der Waals surface area contributed by atoms with E-state index in [1.165, 1.54) is 0 Å². The summed E-state index contributed by atoms with van der Waals surface area (Å²) in [6.45, 7) is 3.02. The van der Waals surface area contributed by atoms with Gasteiger partial charge >= 0.3 is 0 Å². The van der Waals surface area contributed by atoms with Crippen molar-refractivity contribution in [2.45, 2.75) is 6.54 Å². The number of rotatable bonds is 5. The molecule has 0 radical (unpaired) electrons. The zero-order valence-electron chi connectivity index (χ0n) is 12.7. The molecule has 0 aliphatic carbocycles. The Morgan fingerprint density at radius 1 is 1.41 bits per heavy atom. The highest BCUT2D eigenvalue weighted by atomic mass is 16.5. The predicted octanol–water partition coefficient (Wildman–Crippen LogP) is -0.0108. The van der Waals surface area contributed by atoms with Gasteiger partial charge in [0.1, 0.15) is 5.75 Å². The number of nitrogens with one attached hydrogen (secondary N) is 2. The highest BCUT2D eigenvalue weighted by molar-refractivity contribution is 5.82. The quantitative estimate of drug-likeness (QED) is 0.802. The number of amides is 2. The number of hydrogen-bond donors (Lipinski definition) is 2. The van der Waals surface area contributed by atoms with Crippen molar-refractivity contribution in [3.05, 3.63) is 29.8 Å². The molecule has 2 fully saturated rings. The average molecular weight is 303 g/mol. The molecule has 3 rings (SSSR count). The molecule has 2 atom stereocenters. The van der Waals surface area contributed by atoms with Gasteiger partial charge in [-0.15, -0.1) is 0 Å². The molecule has 0 unspecified atom stereocenters. The maximum absolute atomic E-state index is 12.1. The molecule has 1 aromatic carbocycles. The summed E-state index contributed by atoms with van der Waals surface area (Å²) < 4.78 is 5.27. The van der Waals surface area contributed by atoms with Crippen LogP contribution in [0.1, 0.15) is 5.56 Å². The summed E-state index contributed by atoms with van der Waals surface area (Å²) in [4.78, 5) is 25.8. The summed E-state index contributed by atoms with van der Waals surface area (Å²) in [6.07, 6.45) is 0. The van der Waals surface area contributed by atoms with Crippen LogP contribution in [0.15, 0.2) is 24.3 Å². The number of para-hydroxylation sites is 1. The highest BCUT2D eigenvalue weighted by Crippen LogP contribution is 2.26. The normalized spacial score (nSPS) is 24.0. The van der Waals surface area contributed by atoms with Gasteiger partial charge < -0.3 is 15.4 Å². The first-order valence-corrected chi connectivity index (χ1v) is 7.56. The summed E-state index contributed by atoms with van der Waals surface area (Å²) >= 11 is 0. The molecule has 2 aliphatic rings. The molecular formula is C16H21N3O3. The number of carbonyl (C=O) groups is 2. The third-order valence-corrected chi connectivity index (χ3v) is 4.43. The fraction of sp³-hybridized carbons (Fsp3) is 0.500. The number of methoxy groups -OCH3 is 1. The van der Waals surface area contributed by atoms with Crippen molar-refractivity contribution in [1.29, 1.82) is 0 Å². The van der Waals surface area contributed by atoms with E-state index in [2.05, 4.69) is 15.5 Å². The number of benzene rings is 1. The molecule has 2 amide bonds. The first kappa shape index (κ1) is 14.8. The van der Waals surface area contributed by atoms with Gasteiger partial charge in [-0.3, -0.25) is 14.5 Å². The lowest BCUT2D eigenvalue weighted by molar-refractivity contribution is -0.124. The van der Waals surface area contributed by atoms with Crippen LogP contribution in [-0.2, 0) is 16.1 Å². The van der Waals surface area contributed by atoms with Crippen molar-refractivity contribution >= 4 is 11.8 Å². The minimum absolute atomic E-state index is 0.0220. The lowest BCUT2D eigenvalue weighted by Gasteiger charge is -2.16. The van der Waals surface area contributed by atoms with Gasteiger partial charge in [0.25, 0.3) is 0 Å². The van der Waals surface area contributed by atoms with Crippen LogP contribution in [0, 0.1) is 11.8 Å². The third kappa shape index (κ3) is 3.06. The Kier molecular flexibility index (Phi) is 4.29. The largest absolute Gasteiger partial charge is 0.496 e. The molecule has 2 aliphatic heterocycles. The maximum atomic E-state index is 12.1. The van der Waals surface area contributed by atoms with Gasteiger partial charge in [0, 0.05) is 37.7 Å². The Morgan fingerprint density at radius 3 is 3.00 bits per heavy atom. The number of ether oxygens (including phenoxy) is 1. The summed E-state index contributed by atoms with van der Waals surface area (Å²) in [5.74, 6) is 1.29. The van der Waals surface area contributed by atoms with Crippen molar-refractivity contribution in [1.82, 2.24) is 15.5 Å². The molecule has 0 aromatic heterocycles. The Morgan fingerprint density at radius 2 is 2.23 bits per heavy atom. The van der Waals surface area contributed by atoms with E-state index < -0.39 is 0 Å². The summed E-state index contributed by atoms with van der Waals surface area (Å²) in [6, 6.07) is 7.63. The van der Waals surface area contributed by atoms with Crippen LogP contribution in [0.25, 0.3) is 0 Å². The summed E-state index contributed by atoms with van der Waals surface area (Å²) in [7, 11) is 1.62. The molecule has 2 N–H and O–H groups in total. The second-order valence-corrected chi connectivity index (χ2v) is 5.89. The third-order valence-electron chi connectivity index (χ3n) is 4.43. The number of hydrogen-bond acceptors (Lipinski definition) is 4. The maximum Gasteiger partial charge on any atom is 0.234 e. The van der Waals surface area contributed by atoms with Gasteiger partial charge in [-0.2, -0.15) is 0 Å². The van der Waals surface area contributed by atoms with Crippen LogP contribution in [0.5, 0.6) is 5.75 Å². The van der Waals surface area contributed by atoms with Gasteiger partial charge in [0.05, 0.1) is 19.6 Å². The SMILES string of the molecule is COc1ccccc1CNC(=O)CN1C[C@@H]2CNC(=O)[C@@H]2C1. The van der Waals surface area contributed by atoms with Crippen LogP contribution >= 0.6 is 0 Å². The first-order valence-electron chi connectivity index (χ1n) is 7.56. The molecule has 22 heavy (non-hydrogen) atoms. The highest BCUT2D eigenvalue weighted by Gasteiger charge is 2.42. The number of nitrogens with zero attached hydrogens (tertiary/aromatic N) is 1. The van der Waals surface area contributed by atoms with Crippen LogP contribution in [0.2, 0.25) is 0 Å². The molecule has 6 heteroatoms. The number of likely N-dealkylation sites (tertiary alicyclic amines) is 1. The fourth-order valence-corrected chi connectivity index (χ4v) is 3.26. The van der Waals surface area contributed by atoms with Crippen molar-refractivity contribution in [2.75, 3.05) is 33.3 Å². The molecule has 6 nitrogen and oxygen atoms in total. The van der Waals surface area contributed by atoms with E-state index in [1.54, 1.807) is 7.11 Å². The predicted molar refractivity (Wildman–Crippen MR) is 81.3 cm³/mol. The van der Waals surface area contributed by atoms with E-state index in [9.17, 15) is 9.59 Å². The van der Waals surface area contributed by atoms with Crippen LogP contribution < -0.4 is 15.4 Å². The lowest BCUT2D eigenvalue weighted by Crippen LogP contribution is -2.37. The Bertz CT molecular complexity index is 576. The molecule has 2 saturated heterocycles. The van der Waals surface area contributed by atoms with Gasteiger partial charge in [-0.05, 0) is 6.07 Å². The Balaban J connectivity index is 1.48. The molecule has 1 aromatic rings. The van der Waals surface area contributed by atoms with Gasteiger partial charge in [0.2, 0.25) is 11.8 Å². The van der Waals surface area contributed by atoms with E-state index in [-0.39, 0.29) is 17.7 Å². The topological polar surface area (TPSA) is 70.7 Å². The smallest absolute Gasteiger partial charge is 0.234 e. The van der Waals surface area contributed by atoms with Gasteiger partial charge in [-0.1, -0.05) is 18.2 Å². The van der Waals surface area contributed by atoms with Crippen molar-refractivity contribution in [3.63, 3.8) is 0 Å². The Labute approximate surface area is 129 Å². The van der Waals surface area contributed by atoms with Crippen molar-refractivity contribution < 1.29 is 14.3 Å². The van der Waals surface area contributed by atoms with Gasteiger partial charge in [-0.25, -0.2) is 0 Å². The van der Waals surface area contributed by atoms with Crippen molar-refractivity contribution in [3.8, 4) is 5.75 Å². The fourth-order valence-electron chi connectivity index (χ4n) is 3.26. The van der Waals surface area contributed by atoms with Crippen LogP contribution in [0.4, 0.5) is 0 Å². The standard InChI is InChI=1S/C16H21N3O3/c1-22-14-5-3-2-4-11(14)6-17-15(20)10-19-8-12-7-18-16(21)13(12)9-19/h2-5,12-13H,6-10H2,1H3,(H,17,20)(H,18,21)/t12-,13+/m0/s1. The average Bonchev–Trinajstić information content (AvgIpc) is 3.07. The van der Waals surface area contributed by atoms with Crippen molar-refractivity contribution in [2.24, 2.45) is 11.8 Å². The van der Waals surface area contributed by atoms with E-state index in [0.717, 1.165) is 24.4 Å². The first-order chi connectivity index (χ1) is 10.7. The molecular weight excluding hydrogens is 282 g/mol. The molecule has 0 saturated carbocycles. The van der Waals surface area contributed by atoms with E-state index in [1.807, 2.05) is 24.3 Å². The van der Waals surface area contributed by atoms with Crippen LogP contribution in [0.3, 0.4) is 0 Å². The minimum Gasteiger partial charge on any atom is -0.496 e. The molecule has 118 valence electrons. The Hall–Kier alpha value is -2.08. The monoisotopic (exact) mass is 303 g/mol. The summed E-state index contributed by atoms with van der Waals surface area (Å²) in [5, 5.41) is 5.79. The van der Waals surface area contributed by atoms with Crippen LogP contribution in [-0.4, -0.2) is 50.0 Å². The number of carbonyl (C=O) groups excluding carboxylic acids is 2. The minimum atomic E-state index is -0.0220. The lowest BCUT2D eigenvalue weighted by atomic mass is 10.0. The molecule has 0 bridgehead atoms. The zero-order valence-corrected chi connectivity index (χ0v) is 12.7. The number of fused-ring (bicyclic) bond motifs is 1. The second-order valence-electron chi connectivity index (χ2n) is 5.89. The summed E-state index contributed by atoms with van der Waals surface area (Å²) in [5.41, 5.74) is 0.955. The molecule has 2 heterocycles. The van der Waals surface area contributed by atoms with E-state index >= 15 is 0 Å². The van der Waals surface area contributed by atoms with E-state index in [0.29, 0.717) is 25.6 Å². The zero-order chi connectivity index (χ0) is 15.5. The van der Waals surface area contributed by atoms with Gasteiger partial charge in [0.15, 0.2) is 0 Å². The van der Waals surface area contributed by atoms with E-state index in [4.69, 9.17) is 4.74 Å².